The Hall–Kier alpha value is -3.62. The van der Waals surface area contributed by atoms with Crippen LogP contribution in [0, 0.1) is 0 Å². The highest BCUT2D eigenvalue weighted by molar-refractivity contribution is 5.86. The number of nitrogens with one attached hydrogen (secondary N) is 2. The van der Waals surface area contributed by atoms with E-state index in [-0.39, 0.29) is 44.1 Å². The van der Waals surface area contributed by atoms with E-state index in [9.17, 15) is 19.2 Å². The number of rotatable bonds is 10. The normalized spacial score (nSPS) is 10.1. The van der Waals surface area contributed by atoms with Gasteiger partial charge < -0.3 is 24.9 Å². The molecular weight excluding hydrogens is 368 g/mol. The molecule has 0 aliphatic rings. The highest BCUT2D eigenvalue weighted by atomic mass is 16.5. The molecule has 3 N–H and O–H groups in total. The molecule has 0 atom stereocenters. The highest BCUT2D eigenvalue weighted by Crippen LogP contribution is 2.07. The maximum absolute atomic E-state index is 11.7. The molecule has 2 aromatic rings. The second-order valence-electron chi connectivity index (χ2n) is 5.77. The number of ether oxygens (including phenoxy) is 1. The Morgan fingerprint density at radius 2 is 1.61 bits per heavy atom. The zero-order chi connectivity index (χ0) is 20.4. The topological polar surface area (TPSA) is 135 Å². The van der Waals surface area contributed by atoms with Crippen LogP contribution in [0.5, 0.6) is 0 Å². The molecule has 9 heteroatoms. The van der Waals surface area contributed by atoms with E-state index >= 15 is 0 Å². The van der Waals surface area contributed by atoms with Gasteiger partial charge in [0.15, 0.2) is 0 Å². The minimum absolute atomic E-state index is 0.0134. The summed E-state index contributed by atoms with van der Waals surface area (Å²) >= 11 is 0. The van der Waals surface area contributed by atoms with Gasteiger partial charge in [-0.3, -0.25) is 14.4 Å². The van der Waals surface area contributed by atoms with Crippen LogP contribution in [0.2, 0.25) is 0 Å². The molecule has 0 aliphatic heterocycles. The number of esters is 1. The number of carboxylic acid groups (broad SMARTS) is 1. The molecule has 0 bridgehead atoms. The first-order valence-electron chi connectivity index (χ1n) is 8.49. The smallest absolute Gasteiger partial charge is 0.371 e. The maximum Gasteiger partial charge on any atom is 0.371 e. The number of hydrogen-bond donors (Lipinski definition) is 3. The van der Waals surface area contributed by atoms with Gasteiger partial charge in [-0.05, 0) is 17.7 Å². The van der Waals surface area contributed by atoms with E-state index in [0.29, 0.717) is 0 Å². The number of benzene rings is 1. The lowest BCUT2D eigenvalue weighted by atomic mass is 10.2. The van der Waals surface area contributed by atoms with Gasteiger partial charge >= 0.3 is 11.9 Å². The predicted octanol–water partition coefficient (Wildman–Crippen LogP) is 1.23. The number of carbonyl (C=O) groups excluding carboxylic acids is 3. The average Bonchev–Trinajstić information content (AvgIpc) is 3.18. The molecule has 0 fully saturated rings. The zero-order valence-electron chi connectivity index (χ0n) is 15.0. The molecule has 0 saturated heterocycles. The minimum Gasteiger partial charge on any atom is -0.475 e. The Kier molecular flexibility index (Phi) is 7.77. The summed E-state index contributed by atoms with van der Waals surface area (Å²) in [5.41, 5.74) is 0.839. The summed E-state index contributed by atoms with van der Waals surface area (Å²) in [4.78, 5) is 45.7. The molecule has 2 amide bonds. The first-order chi connectivity index (χ1) is 13.4. The molecule has 0 saturated carbocycles. The van der Waals surface area contributed by atoms with Gasteiger partial charge in [0.05, 0.1) is 6.54 Å². The van der Waals surface area contributed by atoms with Gasteiger partial charge in [0, 0.05) is 12.8 Å². The predicted molar refractivity (Wildman–Crippen MR) is 96.0 cm³/mol. The van der Waals surface area contributed by atoms with Crippen LogP contribution in [0.1, 0.15) is 34.7 Å². The fourth-order valence-electron chi connectivity index (χ4n) is 2.14. The average molecular weight is 388 g/mol. The number of carbonyl (C=O) groups is 4. The van der Waals surface area contributed by atoms with E-state index in [4.69, 9.17) is 14.3 Å². The zero-order valence-corrected chi connectivity index (χ0v) is 15.0. The lowest BCUT2D eigenvalue weighted by Crippen LogP contribution is -2.32. The van der Waals surface area contributed by atoms with Crippen molar-refractivity contribution in [2.24, 2.45) is 0 Å². The van der Waals surface area contributed by atoms with Crippen LogP contribution in [0.3, 0.4) is 0 Å². The van der Waals surface area contributed by atoms with E-state index in [1.807, 2.05) is 30.3 Å². The number of aromatic carboxylic acids is 1. The molecule has 0 radical (unpaired) electrons. The number of amides is 2. The van der Waals surface area contributed by atoms with Gasteiger partial charge in [-0.1, -0.05) is 30.3 Å². The number of furan rings is 1. The second kappa shape index (κ2) is 10.5. The van der Waals surface area contributed by atoms with Crippen molar-refractivity contribution in [3.63, 3.8) is 0 Å². The van der Waals surface area contributed by atoms with Gasteiger partial charge in [0.1, 0.15) is 18.9 Å². The Bertz CT molecular complexity index is 830. The van der Waals surface area contributed by atoms with Crippen molar-refractivity contribution in [1.29, 1.82) is 0 Å². The van der Waals surface area contributed by atoms with Crippen molar-refractivity contribution in [2.75, 3.05) is 6.54 Å². The fourth-order valence-corrected chi connectivity index (χ4v) is 2.14. The summed E-state index contributed by atoms with van der Waals surface area (Å²) in [6, 6.07) is 11.9. The molecule has 1 heterocycles. The third-order valence-electron chi connectivity index (χ3n) is 3.58. The Morgan fingerprint density at radius 3 is 2.25 bits per heavy atom. The van der Waals surface area contributed by atoms with Crippen molar-refractivity contribution in [2.45, 2.75) is 26.0 Å². The first kappa shape index (κ1) is 20.7. The lowest BCUT2D eigenvalue weighted by molar-refractivity contribution is -0.145. The third-order valence-corrected chi connectivity index (χ3v) is 3.58. The van der Waals surface area contributed by atoms with E-state index < -0.39 is 23.8 Å². The first-order valence-corrected chi connectivity index (χ1v) is 8.49. The molecule has 0 spiro atoms. The van der Waals surface area contributed by atoms with Crippen LogP contribution in [0.4, 0.5) is 0 Å². The number of carboxylic acids is 1. The molecule has 148 valence electrons. The molecule has 1 aromatic carbocycles. The summed E-state index contributed by atoms with van der Waals surface area (Å²) in [5, 5.41) is 13.6. The van der Waals surface area contributed by atoms with Crippen LogP contribution in [0.25, 0.3) is 0 Å². The molecule has 0 aliphatic carbocycles. The molecule has 1 aromatic heterocycles. The number of hydrogen-bond acceptors (Lipinski definition) is 6. The molecule has 9 nitrogen and oxygen atoms in total. The van der Waals surface area contributed by atoms with Gasteiger partial charge in [-0.2, -0.15) is 0 Å². The lowest BCUT2D eigenvalue weighted by Gasteiger charge is -2.07. The van der Waals surface area contributed by atoms with E-state index in [2.05, 4.69) is 10.6 Å². The van der Waals surface area contributed by atoms with Gasteiger partial charge in [-0.15, -0.1) is 0 Å². The molecule has 2 rings (SSSR count). The van der Waals surface area contributed by atoms with Crippen molar-refractivity contribution in [1.82, 2.24) is 10.6 Å². The summed E-state index contributed by atoms with van der Waals surface area (Å²) in [6.45, 7) is -0.147. The summed E-state index contributed by atoms with van der Waals surface area (Å²) in [7, 11) is 0. The second-order valence-corrected chi connectivity index (χ2v) is 5.77. The van der Waals surface area contributed by atoms with Crippen molar-refractivity contribution >= 4 is 23.8 Å². The van der Waals surface area contributed by atoms with E-state index in [0.717, 1.165) is 5.56 Å². The van der Waals surface area contributed by atoms with E-state index in [1.165, 1.54) is 12.1 Å². The molecule has 28 heavy (non-hydrogen) atoms. The Balaban J connectivity index is 1.58. The maximum atomic E-state index is 11.7. The Labute approximate surface area is 160 Å². The van der Waals surface area contributed by atoms with E-state index in [1.54, 1.807) is 0 Å². The van der Waals surface area contributed by atoms with Gasteiger partial charge in [0.2, 0.25) is 17.6 Å². The SMILES string of the molecule is O=C(CCC(=O)NCc1ccc(C(=O)O)o1)NCC(=O)OCc1ccccc1. The quantitative estimate of drug-likeness (QED) is 0.521. The van der Waals surface area contributed by atoms with Crippen molar-refractivity contribution in [3.05, 3.63) is 59.5 Å². The molecular formula is C19H20N2O7. The van der Waals surface area contributed by atoms with Crippen LogP contribution in [-0.2, 0) is 32.3 Å². The third kappa shape index (κ3) is 7.32. The van der Waals surface area contributed by atoms with Gasteiger partial charge in [0.25, 0.3) is 0 Å². The fraction of sp³-hybridized carbons (Fsp3) is 0.263. The van der Waals surface area contributed by atoms with Crippen molar-refractivity contribution in [3.8, 4) is 0 Å². The summed E-state index contributed by atoms with van der Waals surface area (Å²) in [6.07, 6.45) is -0.187. The summed E-state index contributed by atoms with van der Waals surface area (Å²) < 4.78 is 10.0. The Morgan fingerprint density at radius 1 is 0.929 bits per heavy atom. The van der Waals surface area contributed by atoms with Crippen LogP contribution in [-0.4, -0.2) is 35.4 Å². The monoisotopic (exact) mass is 388 g/mol. The standard InChI is InChI=1S/C19H20N2O7/c22-16(20-10-14-6-7-15(28-14)19(25)26)8-9-17(23)21-11-18(24)27-12-13-4-2-1-3-5-13/h1-7H,8-12H2,(H,20,22)(H,21,23)(H,25,26). The minimum atomic E-state index is -1.20. The van der Waals surface area contributed by atoms with Gasteiger partial charge in [-0.25, -0.2) is 4.79 Å². The molecule has 0 unspecified atom stereocenters. The summed E-state index contributed by atoms with van der Waals surface area (Å²) in [5.74, 6) is -2.57. The van der Waals surface area contributed by atoms with Crippen LogP contribution >= 0.6 is 0 Å². The van der Waals surface area contributed by atoms with Crippen LogP contribution < -0.4 is 10.6 Å². The highest BCUT2D eigenvalue weighted by Gasteiger charge is 2.12. The van der Waals surface area contributed by atoms with Crippen molar-refractivity contribution < 1.29 is 33.4 Å². The van der Waals surface area contributed by atoms with Crippen LogP contribution in [0.15, 0.2) is 46.9 Å². The largest absolute Gasteiger partial charge is 0.475 e.